The molecule has 13 heteroatoms. The minimum absolute atomic E-state index is 0.0124. The Balaban J connectivity index is 1.67. The van der Waals surface area contributed by atoms with E-state index in [0.29, 0.717) is 10.6 Å². The van der Waals surface area contributed by atoms with Gasteiger partial charge in [0.1, 0.15) is 17.2 Å². The van der Waals surface area contributed by atoms with Crippen molar-refractivity contribution < 1.29 is 41.4 Å². The number of primary amides is 1. The van der Waals surface area contributed by atoms with E-state index in [2.05, 4.69) is 5.32 Å². The van der Waals surface area contributed by atoms with Gasteiger partial charge in [-0.3, -0.25) is 4.79 Å². The van der Waals surface area contributed by atoms with Crippen molar-refractivity contribution in [2.75, 3.05) is 25.0 Å². The highest BCUT2D eigenvalue weighted by atomic mass is 35.5. The van der Waals surface area contributed by atoms with Gasteiger partial charge in [0.25, 0.3) is 5.91 Å². The number of anilines is 1. The van der Waals surface area contributed by atoms with Crippen LogP contribution in [0, 0.1) is 5.82 Å². The number of rotatable bonds is 7. The first-order valence-corrected chi connectivity index (χ1v) is 11.1. The van der Waals surface area contributed by atoms with Crippen LogP contribution in [0.15, 0.2) is 42.5 Å². The maximum absolute atomic E-state index is 13.2. The van der Waals surface area contributed by atoms with Crippen LogP contribution in [0.3, 0.4) is 0 Å². The summed E-state index contributed by atoms with van der Waals surface area (Å²) >= 11 is 5.89. The predicted molar refractivity (Wildman–Crippen MR) is 121 cm³/mol. The lowest BCUT2D eigenvalue weighted by molar-refractivity contribution is -0.217. The molecule has 0 radical (unpaired) electrons. The summed E-state index contributed by atoms with van der Waals surface area (Å²) < 4.78 is 62.4. The number of hydrogen-bond acceptors (Lipinski definition) is 5. The van der Waals surface area contributed by atoms with Gasteiger partial charge in [0.2, 0.25) is 0 Å². The summed E-state index contributed by atoms with van der Waals surface area (Å²) in [6.45, 7) is -0.467. The topological polar surface area (TPSA) is 111 Å². The standard InChI is InChI=1S/C23H22ClF4N3O5/c24-15-3-6-18(17(11-15)30-21(29)34)35-13-19(32)31-9-7-22(8-10-31,36-20(33)23(26,27)28)12-14-1-4-16(25)5-2-14/h1-6,11H,7-10,12-13H2,(H3,29,30,34). The molecule has 0 aliphatic carbocycles. The first kappa shape index (κ1) is 27.1. The lowest BCUT2D eigenvalue weighted by Crippen LogP contribution is -2.52. The molecule has 1 aliphatic rings. The zero-order valence-corrected chi connectivity index (χ0v) is 19.5. The van der Waals surface area contributed by atoms with Gasteiger partial charge in [-0.1, -0.05) is 23.7 Å². The lowest BCUT2D eigenvalue weighted by Gasteiger charge is -2.41. The van der Waals surface area contributed by atoms with Crippen molar-refractivity contribution in [3.63, 3.8) is 0 Å². The first-order valence-electron chi connectivity index (χ1n) is 10.7. The van der Waals surface area contributed by atoms with Crippen molar-refractivity contribution in [3.8, 4) is 5.75 Å². The average molecular weight is 532 g/mol. The summed E-state index contributed by atoms with van der Waals surface area (Å²) in [7, 11) is 0. The highest BCUT2D eigenvalue weighted by Crippen LogP contribution is 2.34. The molecule has 3 rings (SSSR count). The van der Waals surface area contributed by atoms with E-state index in [4.69, 9.17) is 26.8 Å². The Bertz CT molecular complexity index is 1120. The Morgan fingerprint density at radius 1 is 1.08 bits per heavy atom. The molecule has 8 nitrogen and oxygen atoms in total. The molecule has 0 aromatic heterocycles. The molecular formula is C23H22ClF4N3O5. The van der Waals surface area contributed by atoms with Crippen LogP contribution < -0.4 is 15.8 Å². The SMILES string of the molecule is NC(=O)Nc1cc(Cl)ccc1OCC(=O)N1CCC(Cc2ccc(F)cc2)(OC(=O)C(F)(F)F)CC1. The number of carbonyl (C=O) groups excluding carboxylic acids is 3. The first-order chi connectivity index (χ1) is 16.9. The maximum Gasteiger partial charge on any atom is 0.490 e. The van der Waals surface area contributed by atoms with Gasteiger partial charge in [0.15, 0.2) is 6.61 Å². The molecule has 1 heterocycles. The number of nitrogens with zero attached hydrogens (tertiary/aromatic N) is 1. The molecule has 0 atom stereocenters. The molecule has 0 bridgehead atoms. The van der Waals surface area contributed by atoms with Crippen LogP contribution in [0.25, 0.3) is 0 Å². The number of carbonyl (C=O) groups is 3. The van der Waals surface area contributed by atoms with E-state index in [1.54, 1.807) is 0 Å². The lowest BCUT2D eigenvalue weighted by atomic mass is 9.85. The van der Waals surface area contributed by atoms with Gasteiger partial charge in [-0.15, -0.1) is 0 Å². The third kappa shape index (κ3) is 7.23. The number of hydrogen-bond donors (Lipinski definition) is 2. The fourth-order valence-electron chi connectivity index (χ4n) is 3.80. The van der Waals surface area contributed by atoms with E-state index in [9.17, 15) is 31.9 Å². The molecule has 2 aromatic carbocycles. The second-order valence-electron chi connectivity index (χ2n) is 8.17. The van der Waals surface area contributed by atoms with E-state index < -0.39 is 42.1 Å². The molecule has 3 N–H and O–H groups in total. The Kier molecular flexibility index (Phi) is 8.28. The summed E-state index contributed by atoms with van der Waals surface area (Å²) in [6.07, 6.45) is -5.42. The van der Waals surface area contributed by atoms with Gasteiger partial charge < -0.3 is 25.4 Å². The van der Waals surface area contributed by atoms with Gasteiger partial charge in [0, 0.05) is 37.4 Å². The Morgan fingerprint density at radius 3 is 2.31 bits per heavy atom. The summed E-state index contributed by atoms with van der Waals surface area (Å²) in [4.78, 5) is 36.9. The third-order valence-electron chi connectivity index (χ3n) is 5.56. The predicted octanol–water partition coefficient (Wildman–Crippen LogP) is 4.06. The Labute approximate surface area is 208 Å². The number of benzene rings is 2. The largest absolute Gasteiger partial charge is 0.490 e. The molecule has 0 saturated carbocycles. The smallest absolute Gasteiger partial charge is 0.482 e. The second kappa shape index (κ2) is 11.0. The third-order valence-corrected chi connectivity index (χ3v) is 5.79. The quantitative estimate of drug-likeness (QED) is 0.413. The molecule has 3 amide bonds. The Morgan fingerprint density at radius 2 is 1.72 bits per heavy atom. The number of ether oxygens (including phenoxy) is 2. The zero-order valence-electron chi connectivity index (χ0n) is 18.7. The van der Waals surface area contributed by atoms with Gasteiger partial charge in [-0.05, 0) is 35.9 Å². The minimum atomic E-state index is -5.19. The molecule has 36 heavy (non-hydrogen) atoms. The van der Waals surface area contributed by atoms with E-state index in [0.717, 1.165) is 12.1 Å². The number of piperidine rings is 1. The number of esters is 1. The van der Waals surface area contributed by atoms with Crippen LogP contribution in [0.2, 0.25) is 5.02 Å². The van der Waals surface area contributed by atoms with Crippen LogP contribution in [-0.4, -0.2) is 54.3 Å². The highest BCUT2D eigenvalue weighted by molar-refractivity contribution is 6.31. The zero-order chi connectivity index (χ0) is 26.5. The molecular weight excluding hydrogens is 510 g/mol. The molecule has 1 saturated heterocycles. The van der Waals surface area contributed by atoms with E-state index in [-0.39, 0.29) is 43.8 Å². The van der Waals surface area contributed by atoms with E-state index in [1.807, 2.05) is 0 Å². The molecule has 0 unspecified atom stereocenters. The Hall–Kier alpha value is -3.54. The summed E-state index contributed by atoms with van der Waals surface area (Å²) in [5, 5.41) is 2.62. The van der Waals surface area contributed by atoms with E-state index >= 15 is 0 Å². The van der Waals surface area contributed by atoms with E-state index in [1.165, 1.54) is 35.2 Å². The molecule has 0 spiro atoms. The molecule has 2 aromatic rings. The maximum atomic E-state index is 13.2. The second-order valence-corrected chi connectivity index (χ2v) is 8.61. The van der Waals surface area contributed by atoms with Gasteiger partial charge >= 0.3 is 18.2 Å². The van der Waals surface area contributed by atoms with Crippen molar-refractivity contribution in [2.24, 2.45) is 5.73 Å². The molecule has 1 fully saturated rings. The summed E-state index contributed by atoms with van der Waals surface area (Å²) in [6, 6.07) is 8.53. The van der Waals surface area contributed by atoms with Crippen LogP contribution in [-0.2, 0) is 20.7 Å². The van der Waals surface area contributed by atoms with Crippen LogP contribution in [0.5, 0.6) is 5.75 Å². The number of nitrogens with one attached hydrogen (secondary N) is 1. The van der Waals surface area contributed by atoms with Crippen molar-refractivity contribution >= 4 is 35.2 Å². The van der Waals surface area contributed by atoms with Crippen LogP contribution >= 0.6 is 11.6 Å². The van der Waals surface area contributed by atoms with Gasteiger partial charge in [-0.25, -0.2) is 14.0 Å². The monoisotopic (exact) mass is 531 g/mol. The number of alkyl halides is 3. The fourth-order valence-corrected chi connectivity index (χ4v) is 3.97. The average Bonchev–Trinajstić information content (AvgIpc) is 2.79. The number of amides is 3. The number of nitrogens with two attached hydrogens (primary N) is 1. The fraction of sp³-hybridized carbons (Fsp3) is 0.348. The number of likely N-dealkylation sites (tertiary alicyclic amines) is 1. The normalized spacial score (nSPS) is 15.2. The summed E-state index contributed by atoms with van der Waals surface area (Å²) in [5.41, 5.74) is 4.22. The van der Waals surface area contributed by atoms with Crippen LogP contribution in [0.1, 0.15) is 18.4 Å². The molecule has 1 aliphatic heterocycles. The minimum Gasteiger partial charge on any atom is -0.482 e. The van der Waals surface area contributed by atoms with Gasteiger partial charge in [0.05, 0.1) is 5.69 Å². The van der Waals surface area contributed by atoms with Crippen molar-refractivity contribution in [2.45, 2.75) is 31.0 Å². The van der Waals surface area contributed by atoms with Crippen molar-refractivity contribution in [1.29, 1.82) is 0 Å². The number of urea groups is 1. The van der Waals surface area contributed by atoms with Crippen molar-refractivity contribution in [3.05, 3.63) is 58.9 Å². The van der Waals surface area contributed by atoms with Crippen molar-refractivity contribution in [1.82, 2.24) is 4.90 Å². The van der Waals surface area contributed by atoms with Gasteiger partial charge in [-0.2, -0.15) is 13.2 Å². The number of halogens is 5. The van der Waals surface area contributed by atoms with Crippen LogP contribution in [0.4, 0.5) is 28.0 Å². The summed E-state index contributed by atoms with van der Waals surface area (Å²) in [5.74, 6) is -3.19. The highest BCUT2D eigenvalue weighted by Gasteiger charge is 2.48. The molecule has 194 valence electrons.